The lowest BCUT2D eigenvalue weighted by atomic mass is 9.97. The second-order valence-electron chi connectivity index (χ2n) is 11.1. The van der Waals surface area contributed by atoms with Gasteiger partial charge in [-0.25, -0.2) is 8.42 Å². The molecule has 41 heavy (non-hydrogen) atoms. The van der Waals surface area contributed by atoms with Crippen LogP contribution in [0.15, 0.2) is 47.4 Å². The summed E-state index contributed by atoms with van der Waals surface area (Å²) in [6.45, 7) is 7.06. The average Bonchev–Trinajstić information content (AvgIpc) is 3.69. The number of aromatic nitrogens is 2. The van der Waals surface area contributed by atoms with Crippen LogP contribution in [0.2, 0.25) is 0 Å². The van der Waals surface area contributed by atoms with Gasteiger partial charge in [-0.3, -0.25) is 14.3 Å². The zero-order chi connectivity index (χ0) is 29.1. The molecular formula is C31H39N3O6S. The van der Waals surface area contributed by atoms with Crippen molar-refractivity contribution in [1.29, 1.82) is 0 Å². The molecule has 1 saturated heterocycles. The van der Waals surface area contributed by atoms with Crippen LogP contribution in [-0.2, 0) is 30.8 Å². The quantitative estimate of drug-likeness (QED) is 0.231. The smallest absolute Gasteiger partial charge is 0.313 e. The van der Waals surface area contributed by atoms with E-state index < -0.39 is 16.0 Å². The van der Waals surface area contributed by atoms with E-state index in [-0.39, 0.29) is 49.7 Å². The second-order valence-corrected chi connectivity index (χ2v) is 13.0. The molecule has 2 heterocycles. The molecule has 5 rings (SSSR count). The summed E-state index contributed by atoms with van der Waals surface area (Å²) < 4.78 is 42.4. The van der Waals surface area contributed by atoms with Crippen LogP contribution in [-0.4, -0.2) is 60.6 Å². The first kappa shape index (κ1) is 29.3. The highest BCUT2D eigenvalue weighted by Gasteiger charge is 2.41. The Balaban J connectivity index is 1.43. The van der Waals surface area contributed by atoms with Gasteiger partial charge in [-0.15, -0.1) is 0 Å². The van der Waals surface area contributed by atoms with Gasteiger partial charge in [0.15, 0.2) is 0 Å². The highest BCUT2D eigenvalue weighted by atomic mass is 32.2. The fourth-order valence-electron chi connectivity index (χ4n) is 6.29. The molecule has 9 nitrogen and oxygen atoms in total. The van der Waals surface area contributed by atoms with E-state index in [1.807, 2.05) is 48.9 Å². The lowest BCUT2D eigenvalue weighted by Gasteiger charge is -2.22. The third kappa shape index (κ3) is 6.04. The predicted molar refractivity (Wildman–Crippen MR) is 155 cm³/mol. The molecule has 0 N–H and O–H groups in total. The van der Waals surface area contributed by atoms with Crippen molar-refractivity contribution < 1.29 is 27.5 Å². The molecule has 0 radical (unpaired) electrons. The SMILES string of the molecule is CCOC(=O)CC(=O)Cc1nn([C@H]2CN(S(=O)(=O)c3ccc(OCC)cc3C3CCCC3)C[C@H]2C)c2ccccc12. The standard InChI is InChI=1S/C31H39N3O6S/c1-4-39-24-14-15-30(26(18-24)22-10-6-7-11-22)41(37,38)33-19-21(3)29(20-33)34-28-13-9-8-12-25(28)27(32-34)16-23(35)17-31(36)40-5-2/h8-9,12-15,18,21-22,29H,4-7,10-11,16-17,19-20H2,1-3H3/t21-,29+/m1/s1. The number of ether oxygens (including phenoxy) is 2. The number of esters is 1. The highest BCUT2D eigenvalue weighted by molar-refractivity contribution is 7.89. The molecule has 0 spiro atoms. The van der Waals surface area contributed by atoms with Crippen molar-refractivity contribution in [2.75, 3.05) is 26.3 Å². The largest absolute Gasteiger partial charge is 0.494 e. The summed E-state index contributed by atoms with van der Waals surface area (Å²) >= 11 is 0. The Hall–Kier alpha value is -3.24. The monoisotopic (exact) mass is 581 g/mol. The van der Waals surface area contributed by atoms with E-state index in [4.69, 9.17) is 14.6 Å². The van der Waals surface area contributed by atoms with Gasteiger partial charge in [0, 0.05) is 18.5 Å². The number of nitrogens with zero attached hydrogens (tertiary/aromatic N) is 3. The Morgan fingerprint density at radius 2 is 1.78 bits per heavy atom. The Morgan fingerprint density at radius 3 is 2.51 bits per heavy atom. The minimum atomic E-state index is -3.77. The van der Waals surface area contributed by atoms with Crippen LogP contribution in [0.25, 0.3) is 10.9 Å². The Bertz CT molecular complexity index is 1530. The number of benzene rings is 2. The van der Waals surface area contributed by atoms with Crippen molar-refractivity contribution in [3.05, 3.63) is 53.7 Å². The van der Waals surface area contributed by atoms with Crippen LogP contribution in [0.5, 0.6) is 5.75 Å². The summed E-state index contributed by atoms with van der Waals surface area (Å²) in [4.78, 5) is 24.8. The van der Waals surface area contributed by atoms with Crippen LogP contribution < -0.4 is 4.74 Å². The molecule has 10 heteroatoms. The molecule has 1 aromatic heterocycles. The topological polar surface area (TPSA) is 108 Å². The number of hydrogen-bond acceptors (Lipinski definition) is 7. The first-order chi connectivity index (χ1) is 19.7. The molecule has 1 aliphatic heterocycles. The summed E-state index contributed by atoms with van der Waals surface area (Å²) in [6, 6.07) is 12.8. The van der Waals surface area contributed by atoms with Crippen molar-refractivity contribution in [3.63, 3.8) is 0 Å². The van der Waals surface area contributed by atoms with Gasteiger partial charge in [0.1, 0.15) is 18.0 Å². The zero-order valence-corrected chi connectivity index (χ0v) is 24.9. The number of hydrogen-bond donors (Lipinski definition) is 0. The molecule has 2 aromatic carbocycles. The predicted octanol–water partition coefficient (Wildman–Crippen LogP) is 5.04. The third-order valence-corrected chi connectivity index (χ3v) is 10.2. The van der Waals surface area contributed by atoms with Gasteiger partial charge in [0.2, 0.25) is 10.0 Å². The van der Waals surface area contributed by atoms with Crippen molar-refractivity contribution in [2.45, 2.75) is 76.2 Å². The summed E-state index contributed by atoms with van der Waals surface area (Å²) in [5, 5.41) is 5.65. The number of carbonyl (C=O) groups is 2. The molecule has 0 unspecified atom stereocenters. The number of Topliss-reactive ketones (excluding diaryl/α,β-unsaturated/α-hetero) is 1. The van der Waals surface area contributed by atoms with E-state index in [0.717, 1.165) is 42.1 Å². The zero-order valence-electron chi connectivity index (χ0n) is 24.0. The van der Waals surface area contributed by atoms with Crippen molar-refractivity contribution in [3.8, 4) is 5.75 Å². The number of fused-ring (bicyclic) bond motifs is 1. The van der Waals surface area contributed by atoms with Gasteiger partial charge in [0.05, 0.1) is 41.8 Å². The van der Waals surface area contributed by atoms with Crippen molar-refractivity contribution in [1.82, 2.24) is 14.1 Å². The lowest BCUT2D eigenvalue weighted by Crippen LogP contribution is -2.30. The number of sulfonamides is 1. The lowest BCUT2D eigenvalue weighted by molar-refractivity contribution is -0.145. The second kappa shape index (κ2) is 12.3. The summed E-state index contributed by atoms with van der Waals surface area (Å²) in [5.74, 6) is 0.0962. The van der Waals surface area contributed by atoms with Crippen molar-refractivity contribution in [2.24, 2.45) is 5.92 Å². The van der Waals surface area contributed by atoms with E-state index in [2.05, 4.69) is 0 Å². The third-order valence-electron chi connectivity index (χ3n) is 8.26. The van der Waals surface area contributed by atoms with E-state index >= 15 is 0 Å². The van der Waals surface area contributed by atoms with Gasteiger partial charge >= 0.3 is 5.97 Å². The highest BCUT2D eigenvalue weighted by Crippen LogP contribution is 2.41. The first-order valence-corrected chi connectivity index (χ1v) is 16.1. The number of carbonyl (C=O) groups excluding carboxylic acids is 2. The molecule has 0 amide bonds. The Labute approximate surface area is 241 Å². The molecule has 2 atom stereocenters. The van der Waals surface area contributed by atoms with Gasteiger partial charge in [-0.2, -0.15) is 9.40 Å². The number of para-hydroxylation sites is 1. The summed E-state index contributed by atoms with van der Waals surface area (Å²) in [6.07, 6.45) is 3.87. The fourth-order valence-corrected chi connectivity index (χ4v) is 8.12. The summed E-state index contributed by atoms with van der Waals surface area (Å²) in [5.41, 5.74) is 2.28. The van der Waals surface area contributed by atoms with Gasteiger partial charge < -0.3 is 9.47 Å². The van der Waals surface area contributed by atoms with Crippen LogP contribution >= 0.6 is 0 Å². The van der Waals surface area contributed by atoms with Crippen molar-refractivity contribution >= 4 is 32.7 Å². The van der Waals surface area contributed by atoms with Crippen LogP contribution in [0.4, 0.5) is 0 Å². The fraction of sp³-hybridized carbons (Fsp3) is 0.516. The minimum Gasteiger partial charge on any atom is -0.494 e. The van der Waals surface area contributed by atoms with Gasteiger partial charge in [-0.05, 0) is 68.4 Å². The first-order valence-electron chi connectivity index (χ1n) is 14.6. The molecule has 1 aliphatic carbocycles. The number of rotatable bonds is 11. The maximum Gasteiger partial charge on any atom is 0.313 e. The van der Waals surface area contributed by atoms with E-state index in [1.165, 1.54) is 0 Å². The molecule has 1 saturated carbocycles. The normalized spacial score (nSPS) is 20.1. The molecule has 0 bridgehead atoms. The molecular weight excluding hydrogens is 542 g/mol. The number of ketones is 1. The van der Waals surface area contributed by atoms with E-state index in [1.54, 1.807) is 23.4 Å². The minimum absolute atomic E-state index is 0.00575. The van der Waals surface area contributed by atoms with Crippen LogP contribution in [0.3, 0.4) is 0 Å². The van der Waals surface area contributed by atoms with E-state index in [9.17, 15) is 18.0 Å². The van der Waals surface area contributed by atoms with Crippen LogP contribution in [0, 0.1) is 5.92 Å². The van der Waals surface area contributed by atoms with Crippen LogP contribution in [0.1, 0.15) is 76.1 Å². The van der Waals surface area contributed by atoms with Gasteiger partial charge in [-0.1, -0.05) is 38.0 Å². The average molecular weight is 582 g/mol. The molecule has 2 fully saturated rings. The Kier molecular flexibility index (Phi) is 8.79. The summed E-state index contributed by atoms with van der Waals surface area (Å²) in [7, 11) is -3.77. The van der Waals surface area contributed by atoms with E-state index in [0.29, 0.717) is 29.5 Å². The Morgan fingerprint density at radius 1 is 1.02 bits per heavy atom. The maximum atomic E-state index is 14.1. The van der Waals surface area contributed by atoms with Gasteiger partial charge in [0.25, 0.3) is 0 Å². The maximum absolute atomic E-state index is 14.1. The molecule has 3 aromatic rings. The molecule has 2 aliphatic rings. The molecule has 220 valence electrons.